The van der Waals surface area contributed by atoms with Crippen molar-refractivity contribution in [2.45, 2.75) is 18.1 Å². The molecule has 3 heterocycles. The van der Waals surface area contributed by atoms with Gasteiger partial charge in [-0.2, -0.15) is 0 Å². The lowest BCUT2D eigenvalue weighted by atomic mass is 10.2. The van der Waals surface area contributed by atoms with E-state index in [-0.39, 0.29) is 11.3 Å². The molecule has 4 rings (SSSR count). The van der Waals surface area contributed by atoms with Crippen molar-refractivity contribution >= 4 is 40.5 Å². The second-order valence-corrected chi connectivity index (χ2v) is 7.54. The number of nitrogens with zero attached hydrogens (tertiary/aromatic N) is 3. The first-order valence-electron chi connectivity index (χ1n) is 9.62. The number of carbonyl (C=O) groups is 1. The van der Waals surface area contributed by atoms with Crippen molar-refractivity contribution in [1.82, 2.24) is 15.0 Å². The van der Waals surface area contributed by atoms with Crippen LogP contribution in [0.25, 0.3) is 0 Å². The van der Waals surface area contributed by atoms with E-state index in [9.17, 15) is 18.7 Å². The van der Waals surface area contributed by atoms with Crippen molar-refractivity contribution in [2.24, 2.45) is 0 Å². The van der Waals surface area contributed by atoms with E-state index in [1.54, 1.807) is 12.3 Å². The minimum atomic E-state index is -3.82. The molecule has 0 aliphatic carbocycles. The standard InChI is InChI=1S/C20H19ClF2N6O3/c21-20(22,23)32-15-3-1-13(2-4-15)27-19(31)12-7-16(28-17-9-24-11-26-17)18(25-8-12)29-6-5-14(30)10-29/h1-4,7-9,11,14,28,30H,5-6,10H2,(H,24,26)(H,27,31). The van der Waals surface area contributed by atoms with Crippen LogP contribution in [0.15, 0.2) is 49.1 Å². The number of amides is 1. The van der Waals surface area contributed by atoms with E-state index in [4.69, 9.17) is 11.6 Å². The largest absolute Gasteiger partial charge is 0.487 e. The molecular formula is C20H19ClF2N6O3. The first kappa shape index (κ1) is 21.8. The number of aliphatic hydroxyl groups is 1. The van der Waals surface area contributed by atoms with Crippen molar-refractivity contribution in [3.63, 3.8) is 0 Å². The zero-order valence-corrected chi connectivity index (χ0v) is 17.3. The maximum absolute atomic E-state index is 12.7. The highest BCUT2D eigenvalue weighted by atomic mass is 35.5. The van der Waals surface area contributed by atoms with Gasteiger partial charge in [0.2, 0.25) is 0 Å². The van der Waals surface area contributed by atoms with Gasteiger partial charge in [0.15, 0.2) is 5.82 Å². The van der Waals surface area contributed by atoms with E-state index in [2.05, 4.69) is 30.3 Å². The highest BCUT2D eigenvalue weighted by Gasteiger charge is 2.27. The van der Waals surface area contributed by atoms with Gasteiger partial charge in [-0.05, 0) is 36.8 Å². The van der Waals surface area contributed by atoms with Crippen molar-refractivity contribution in [2.75, 3.05) is 28.6 Å². The molecule has 1 saturated heterocycles. The Bertz CT molecular complexity index is 1080. The lowest BCUT2D eigenvalue weighted by Gasteiger charge is -2.21. The van der Waals surface area contributed by atoms with E-state index in [0.717, 1.165) is 0 Å². The Labute approximate surface area is 186 Å². The maximum Gasteiger partial charge on any atom is 0.487 e. The molecule has 1 aliphatic rings. The zero-order valence-electron chi connectivity index (χ0n) is 16.6. The number of hydrogen-bond acceptors (Lipinski definition) is 7. The van der Waals surface area contributed by atoms with Crippen LogP contribution in [-0.4, -0.2) is 50.7 Å². The van der Waals surface area contributed by atoms with Gasteiger partial charge in [-0.3, -0.25) is 4.79 Å². The number of alkyl halides is 3. The number of aromatic nitrogens is 3. The molecule has 4 N–H and O–H groups in total. The van der Waals surface area contributed by atoms with Crippen LogP contribution >= 0.6 is 11.6 Å². The number of anilines is 4. The molecule has 168 valence electrons. The minimum Gasteiger partial charge on any atom is -0.420 e. The molecule has 32 heavy (non-hydrogen) atoms. The van der Waals surface area contributed by atoms with E-state index in [0.29, 0.717) is 42.5 Å². The summed E-state index contributed by atoms with van der Waals surface area (Å²) < 4.78 is 29.7. The van der Waals surface area contributed by atoms with Crippen molar-refractivity contribution in [3.05, 3.63) is 54.6 Å². The summed E-state index contributed by atoms with van der Waals surface area (Å²) in [6.07, 6.45) is 4.72. The molecule has 1 aromatic carbocycles. The SMILES string of the molecule is O=C(Nc1ccc(OC(F)(F)Cl)cc1)c1cnc(N2CCC(O)C2)c(Nc2cnc[nH]2)c1. The van der Waals surface area contributed by atoms with E-state index in [1.807, 2.05) is 4.90 Å². The third-order valence-electron chi connectivity index (χ3n) is 4.71. The van der Waals surface area contributed by atoms with Crippen LogP contribution in [0.4, 0.5) is 31.8 Å². The summed E-state index contributed by atoms with van der Waals surface area (Å²) in [5, 5.41) is 15.7. The number of aliphatic hydroxyl groups excluding tert-OH is 1. The predicted molar refractivity (Wildman–Crippen MR) is 115 cm³/mol. The average Bonchev–Trinajstić information content (AvgIpc) is 3.40. The minimum absolute atomic E-state index is 0.145. The van der Waals surface area contributed by atoms with Gasteiger partial charge in [0, 0.05) is 36.6 Å². The second-order valence-electron chi connectivity index (χ2n) is 7.10. The fourth-order valence-electron chi connectivity index (χ4n) is 3.27. The van der Waals surface area contributed by atoms with Crippen molar-refractivity contribution in [1.29, 1.82) is 0 Å². The van der Waals surface area contributed by atoms with Crippen LogP contribution in [0.2, 0.25) is 0 Å². The summed E-state index contributed by atoms with van der Waals surface area (Å²) >= 11 is 4.74. The number of ether oxygens (including phenoxy) is 1. The highest BCUT2D eigenvalue weighted by Crippen LogP contribution is 2.30. The predicted octanol–water partition coefficient (Wildman–Crippen LogP) is 3.54. The number of nitrogens with one attached hydrogen (secondary N) is 3. The van der Waals surface area contributed by atoms with Gasteiger partial charge in [0.25, 0.3) is 5.91 Å². The Kier molecular flexibility index (Phi) is 6.10. The number of rotatable bonds is 7. The highest BCUT2D eigenvalue weighted by molar-refractivity contribution is 6.20. The molecule has 0 radical (unpaired) electrons. The number of β-amino-alcohol motifs (C(OH)–C–C–N with tert-alkyl or cyclic N) is 1. The maximum atomic E-state index is 12.7. The number of imidazole rings is 1. The zero-order chi connectivity index (χ0) is 22.7. The second kappa shape index (κ2) is 8.97. The third-order valence-corrected chi connectivity index (χ3v) is 4.78. The van der Waals surface area contributed by atoms with Crippen LogP contribution in [-0.2, 0) is 0 Å². The normalized spacial score (nSPS) is 16.1. The van der Waals surface area contributed by atoms with Crippen LogP contribution < -0.4 is 20.3 Å². The molecule has 1 atom stereocenters. The van der Waals surface area contributed by atoms with Gasteiger partial charge in [0.1, 0.15) is 11.6 Å². The molecule has 9 nitrogen and oxygen atoms in total. The van der Waals surface area contributed by atoms with Gasteiger partial charge in [-0.25, -0.2) is 9.97 Å². The molecule has 0 bridgehead atoms. The van der Waals surface area contributed by atoms with E-state index < -0.39 is 17.6 Å². The Balaban J connectivity index is 1.53. The number of benzene rings is 1. The monoisotopic (exact) mass is 464 g/mol. The lowest BCUT2D eigenvalue weighted by molar-refractivity contribution is -0.0964. The number of carbonyl (C=O) groups excluding carboxylic acids is 1. The quantitative estimate of drug-likeness (QED) is 0.395. The van der Waals surface area contributed by atoms with E-state index in [1.165, 1.54) is 36.8 Å². The molecular weight excluding hydrogens is 446 g/mol. The summed E-state index contributed by atoms with van der Waals surface area (Å²) in [6.45, 7) is 1.07. The fourth-order valence-corrected chi connectivity index (χ4v) is 3.36. The Hall–Kier alpha value is -3.44. The first-order valence-corrected chi connectivity index (χ1v) is 10.0. The Morgan fingerprint density at radius 3 is 2.72 bits per heavy atom. The molecule has 1 amide bonds. The average molecular weight is 465 g/mol. The van der Waals surface area contributed by atoms with E-state index >= 15 is 0 Å². The summed E-state index contributed by atoms with van der Waals surface area (Å²) in [5.41, 5.74) is -2.62. The molecule has 0 saturated carbocycles. The first-order chi connectivity index (χ1) is 15.3. The Morgan fingerprint density at radius 1 is 1.31 bits per heavy atom. The van der Waals surface area contributed by atoms with Crippen LogP contribution in [0, 0.1) is 0 Å². The number of H-pyrrole nitrogens is 1. The van der Waals surface area contributed by atoms with Gasteiger partial charge in [-0.15, -0.1) is 8.78 Å². The van der Waals surface area contributed by atoms with Crippen LogP contribution in [0.3, 0.4) is 0 Å². The molecule has 1 fully saturated rings. The van der Waals surface area contributed by atoms with Gasteiger partial charge < -0.3 is 30.4 Å². The molecule has 2 aromatic heterocycles. The van der Waals surface area contributed by atoms with Crippen molar-refractivity contribution in [3.8, 4) is 5.75 Å². The smallest absolute Gasteiger partial charge is 0.420 e. The summed E-state index contributed by atoms with van der Waals surface area (Å²) in [6, 6.07) is 6.98. The van der Waals surface area contributed by atoms with Gasteiger partial charge in [-0.1, -0.05) is 0 Å². The number of aromatic amines is 1. The van der Waals surface area contributed by atoms with Crippen LogP contribution in [0.5, 0.6) is 5.75 Å². The molecule has 0 spiro atoms. The Morgan fingerprint density at radius 2 is 2.09 bits per heavy atom. The fraction of sp³-hybridized carbons (Fsp3) is 0.250. The number of halogens is 3. The lowest BCUT2D eigenvalue weighted by Crippen LogP contribution is -2.24. The molecule has 12 heteroatoms. The van der Waals surface area contributed by atoms with Crippen molar-refractivity contribution < 1.29 is 23.4 Å². The molecule has 1 unspecified atom stereocenters. The van der Waals surface area contributed by atoms with Crippen LogP contribution in [0.1, 0.15) is 16.8 Å². The molecule has 1 aliphatic heterocycles. The summed E-state index contributed by atoms with van der Waals surface area (Å²) in [7, 11) is 0. The summed E-state index contributed by atoms with van der Waals surface area (Å²) in [5.74, 6) is 0.607. The van der Waals surface area contributed by atoms with Gasteiger partial charge in [0.05, 0.1) is 29.9 Å². The summed E-state index contributed by atoms with van der Waals surface area (Å²) in [4.78, 5) is 26.0. The number of hydrogen-bond donors (Lipinski definition) is 4. The van der Waals surface area contributed by atoms with Gasteiger partial charge >= 0.3 is 5.57 Å². The number of pyridine rings is 1. The molecule has 3 aromatic rings. The topological polar surface area (TPSA) is 115 Å². The third kappa shape index (κ3) is 5.42.